The molecule has 0 aromatic heterocycles. The van der Waals surface area contributed by atoms with Crippen LogP contribution in [0.2, 0.25) is 0 Å². The molecule has 2 aromatic carbocycles. The number of halogens is 2. The molecule has 0 saturated carbocycles. The SMILES string of the molecule is CCCNC(Cc1ccc(F)cc1)Cc1cccc(F)c1. The van der Waals surface area contributed by atoms with Gasteiger partial charge in [0.25, 0.3) is 0 Å². The third kappa shape index (κ3) is 5.27. The van der Waals surface area contributed by atoms with Gasteiger partial charge in [-0.25, -0.2) is 8.78 Å². The Bertz CT molecular complexity index is 551. The minimum absolute atomic E-state index is 0.205. The zero-order valence-corrected chi connectivity index (χ0v) is 12.3. The second-order valence-electron chi connectivity index (χ2n) is 5.32. The molecule has 0 aliphatic rings. The summed E-state index contributed by atoms with van der Waals surface area (Å²) in [5.74, 6) is -0.425. The smallest absolute Gasteiger partial charge is 0.123 e. The Kier molecular flexibility index (Phi) is 5.88. The number of hydrogen-bond donors (Lipinski definition) is 1. The lowest BCUT2D eigenvalue weighted by Crippen LogP contribution is -2.33. The maximum Gasteiger partial charge on any atom is 0.123 e. The zero-order valence-electron chi connectivity index (χ0n) is 12.3. The van der Waals surface area contributed by atoms with Crippen molar-refractivity contribution in [2.75, 3.05) is 6.54 Å². The first-order valence-corrected chi connectivity index (χ1v) is 7.39. The predicted octanol–water partition coefficient (Wildman–Crippen LogP) is 4.12. The van der Waals surface area contributed by atoms with Crippen LogP contribution in [-0.4, -0.2) is 12.6 Å². The van der Waals surface area contributed by atoms with Crippen molar-refractivity contribution >= 4 is 0 Å². The van der Waals surface area contributed by atoms with E-state index >= 15 is 0 Å². The van der Waals surface area contributed by atoms with Crippen molar-refractivity contribution < 1.29 is 8.78 Å². The van der Waals surface area contributed by atoms with Gasteiger partial charge in [-0.15, -0.1) is 0 Å². The first kappa shape index (κ1) is 15.6. The molecule has 0 spiro atoms. The molecule has 3 heteroatoms. The van der Waals surface area contributed by atoms with Gasteiger partial charge < -0.3 is 5.32 Å². The fourth-order valence-corrected chi connectivity index (χ4v) is 2.42. The summed E-state index contributed by atoms with van der Waals surface area (Å²) in [5, 5.41) is 3.48. The quantitative estimate of drug-likeness (QED) is 0.808. The molecule has 1 nitrogen and oxygen atoms in total. The Morgan fingerprint density at radius 3 is 2.29 bits per heavy atom. The van der Waals surface area contributed by atoms with Gasteiger partial charge in [-0.05, 0) is 61.2 Å². The standard InChI is InChI=1S/C18H21F2N/c1-2-10-21-18(12-14-6-8-16(19)9-7-14)13-15-4-3-5-17(20)11-15/h3-9,11,18,21H,2,10,12-13H2,1H3. The van der Waals surface area contributed by atoms with Gasteiger partial charge in [-0.3, -0.25) is 0 Å². The zero-order chi connectivity index (χ0) is 15.1. The van der Waals surface area contributed by atoms with Gasteiger partial charge in [-0.1, -0.05) is 31.2 Å². The fourth-order valence-electron chi connectivity index (χ4n) is 2.42. The molecule has 1 atom stereocenters. The lowest BCUT2D eigenvalue weighted by molar-refractivity contribution is 0.503. The summed E-state index contributed by atoms with van der Waals surface area (Å²) >= 11 is 0. The lowest BCUT2D eigenvalue weighted by Gasteiger charge is -2.19. The molecule has 0 aliphatic heterocycles. The van der Waals surface area contributed by atoms with Crippen LogP contribution in [0.4, 0.5) is 8.78 Å². The van der Waals surface area contributed by atoms with Gasteiger partial charge in [0.05, 0.1) is 0 Å². The van der Waals surface area contributed by atoms with E-state index in [1.54, 1.807) is 12.1 Å². The minimum Gasteiger partial charge on any atom is -0.313 e. The summed E-state index contributed by atoms with van der Waals surface area (Å²) in [4.78, 5) is 0. The Labute approximate surface area is 125 Å². The van der Waals surface area contributed by atoms with E-state index in [0.29, 0.717) is 0 Å². The van der Waals surface area contributed by atoms with Crippen LogP contribution in [0.3, 0.4) is 0 Å². The molecular formula is C18H21F2N. The summed E-state index contributed by atoms with van der Waals surface area (Å²) in [5.41, 5.74) is 2.06. The van der Waals surface area contributed by atoms with Crippen LogP contribution in [-0.2, 0) is 12.8 Å². The molecular weight excluding hydrogens is 268 g/mol. The van der Waals surface area contributed by atoms with Crippen LogP contribution in [0.1, 0.15) is 24.5 Å². The maximum atomic E-state index is 13.3. The molecule has 0 bridgehead atoms. The van der Waals surface area contributed by atoms with E-state index in [4.69, 9.17) is 0 Å². The van der Waals surface area contributed by atoms with Crippen molar-refractivity contribution in [3.8, 4) is 0 Å². The highest BCUT2D eigenvalue weighted by molar-refractivity contribution is 5.20. The molecule has 21 heavy (non-hydrogen) atoms. The Morgan fingerprint density at radius 2 is 1.62 bits per heavy atom. The Hall–Kier alpha value is -1.74. The Morgan fingerprint density at radius 1 is 0.905 bits per heavy atom. The van der Waals surface area contributed by atoms with Crippen LogP contribution in [0.15, 0.2) is 48.5 Å². The van der Waals surface area contributed by atoms with E-state index < -0.39 is 0 Å². The first-order valence-electron chi connectivity index (χ1n) is 7.39. The monoisotopic (exact) mass is 289 g/mol. The fraction of sp³-hybridized carbons (Fsp3) is 0.333. The first-order chi connectivity index (χ1) is 10.2. The van der Waals surface area contributed by atoms with Gasteiger partial charge >= 0.3 is 0 Å². The molecule has 0 radical (unpaired) electrons. The topological polar surface area (TPSA) is 12.0 Å². The van der Waals surface area contributed by atoms with Gasteiger partial charge in [0.2, 0.25) is 0 Å². The van der Waals surface area contributed by atoms with Crippen LogP contribution in [0.5, 0.6) is 0 Å². The van der Waals surface area contributed by atoms with Crippen molar-refractivity contribution in [2.45, 2.75) is 32.2 Å². The lowest BCUT2D eigenvalue weighted by atomic mass is 9.98. The number of nitrogens with one attached hydrogen (secondary N) is 1. The Balaban J connectivity index is 2.04. The molecule has 0 amide bonds. The van der Waals surface area contributed by atoms with Crippen molar-refractivity contribution in [2.24, 2.45) is 0 Å². The highest BCUT2D eigenvalue weighted by Crippen LogP contribution is 2.11. The number of benzene rings is 2. The normalized spacial score (nSPS) is 12.3. The summed E-state index contributed by atoms with van der Waals surface area (Å²) in [7, 11) is 0. The van der Waals surface area contributed by atoms with Gasteiger partial charge in [0, 0.05) is 6.04 Å². The van der Waals surface area contributed by atoms with E-state index in [2.05, 4.69) is 12.2 Å². The third-order valence-corrected chi connectivity index (χ3v) is 3.45. The molecule has 0 fully saturated rings. The second kappa shape index (κ2) is 7.89. The van der Waals surface area contributed by atoms with Gasteiger partial charge in [0.1, 0.15) is 11.6 Å². The molecule has 1 unspecified atom stereocenters. The molecule has 2 aromatic rings. The van der Waals surface area contributed by atoms with E-state index in [9.17, 15) is 8.78 Å². The van der Waals surface area contributed by atoms with Crippen molar-refractivity contribution in [1.82, 2.24) is 5.32 Å². The summed E-state index contributed by atoms with van der Waals surface area (Å²) < 4.78 is 26.2. The van der Waals surface area contributed by atoms with Crippen LogP contribution >= 0.6 is 0 Å². The van der Waals surface area contributed by atoms with Crippen LogP contribution < -0.4 is 5.32 Å². The predicted molar refractivity (Wildman–Crippen MR) is 82.3 cm³/mol. The largest absolute Gasteiger partial charge is 0.313 e. The van der Waals surface area contributed by atoms with E-state index in [1.165, 1.54) is 18.2 Å². The second-order valence-corrected chi connectivity index (χ2v) is 5.32. The third-order valence-electron chi connectivity index (χ3n) is 3.45. The molecule has 0 saturated heterocycles. The van der Waals surface area contributed by atoms with Crippen molar-refractivity contribution in [3.63, 3.8) is 0 Å². The summed E-state index contributed by atoms with van der Waals surface area (Å²) in [6, 6.07) is 13.5. The van der Waals surface area contributed by atoms with E-state index in [-0.39, 0.29) is 17.7 Å². The average Bonchev–Trinajstić information content (AvgIpc) is 2.47. The highest BCUT2D eigenvalue weighted by atomic mass is 19.1. The molecule has 0 aliphatic carbocycles. The van der Waals surface area contributed by atoms with Crippen molar-refractivity contribution in [3.05, 3.63) is 71.3 Å². The molecule has 0 heterocycles. The van der Waals surface area contributed by atoms with Gasteiger partial charge in [0.15, 0.2) is 0 Å². The molecule has 1 N–H and O–H groups in total. The van der Waals surface area contributed by atoms with Crippen LogP contribution in [0.25, 0.3) is 0 Å². The molecule has 2 rings (SSSR count). The summed E-state index contributed by atoms with van der Waals surface area (Å²) in [6.07, 6.45) is 2.61. The van der Waals surface area contributed by atoms with Crippen LogP contribution in [0, 0.1) is 11.6 Å². The number of hydrogen-bond acceptors (Lipinski definition) is 1. The number of rotatable bonds is 7. The average molecular weight is 289 g/mol. The van der Waals surface area contributed by atoms with E-state index in [1.807, 2.05) is 18.2 Å². The highest BCUT2D eigenvalue weighted by Gasteiger charge is 2.10. The minimum atomic E-state index is -0.220. The van der Waals surface area contributed by atoms with E-state index in [0.717, 1.165) is 36.9 Å². The van der Waals surface area contributed by atoms with Gasteiger partial charge in [-0.2, -0.15) is 0 Å². The maximum absolute atomic E-state index is 13.3. The molecule has 112 valence electrons. The summed E-state index contributed by atoms with van der Waals surface area (Å²) in [6.45, 7) is 3.03. The van der Waals surface area contributed by atoms with Crippen molar-refractivity contribution in [1.29, 1.82) is 0 Å².